The molecule has 0 aliphatic rings. The number of benzene rings is 1. The van der Waals surface area contributed by atoms with Gasteiger partial charge in [-0.15, -0.1) is 5.10 Å². The van der Waals surface area contributed by atoms with Crippen molar-refractivity contribution in [2.24, 2.45) is 0 Å². The summed E-state index contributed by atoms with van der Waals surface area (Å²) < 4.78 is 6.78. The highest BCUT2D eigenvalue weighted by Gasteiger charge is 2.09. The van der Waals surface area contributed by atoms with Crippen LogP contribution in [0.15, 0.2) is 24.4 Å². The number of carbonyl (C=O) groups excluding carboxylic acids is 1. The van der Waals surface area contributed by atoms with E-state index in [1.165, 1.54) is 36.8 Å². The molecule has 0 saturated heterocycles. The summed E-state index contributed by atoms with van der Waals surface area (Å²) in [6.07, 6.45) is 10.3. The molecule has 142 valence electrons. The third-order valence-corrected chi connectivity index (χ3v) is 4.62. The van der Waals surface area contributed by atoms with Crippen molar-refractivity contribution >= 4 is 29.2 Å². The van der Waals surface area contributed by atoms with Crippen molar-refractivity contribution < 1.29 is 9.53 Å². The number of nitrogens with zero attached hydrogens (tertiary/aromatic N) is 3. The molecule has 2 aromatic rings. The van der Waals surface area contributed by atoms with Gasteiger partial charge >= 0.3 is 5.97 Å². The maximum Gasteiger partial charge on any atom is 0.306 e. The Balaban J connectivity index is 1.71. The largest absolute Gasteiger partial charge is 0.459 e. The number of carbonyl (C=O) groups is 1. The molecule has 1 aromatic heterocycles. The van der Waals surface area contributed by atoms with E-state index in [1.807, 2.05) is 0 Å². The zero-order chi connectivity index (χ0) is 18.8. The van der Waals surface area contributed by atoms with Crippen molar-refractivity contribution in [2.45, 2.75) is 64.9 Å². The van der Waals surface area contributed by atoms with Gasteiger partial charge in [0, 0.05) is 11.4 Å². The number of esters is 1. The second-order valence-electron chi connectivity index (χ2n) is 6.28. The molecule has 0 aliphatic heterocycles. The molecular formula is C19H25Cl2N3O2. The lowest BCUT2D eigenvalue weighted by Crippen LogP contribution is -2.04. The molecular weight excluding hydrogens is 373 g/mol. The Labute approximate surface area is 164 Å². The molecule has 0 N–H and O–H groups in total. The second kappa shape index (κ2) is 11.2. The molecule has 0 fully saturated rings. The standard InChI is InChI=1S/C19H25Cl2N3O2/c1-2-3-4-5-6-7-8-9-19(25)26-14-16-13-24(23-22-16)18-12-15(20)10-11-17(18)21/h10-13H,2-9,14H2,1H3. The molecule has 0 amide bonds. The van der Waals surface area contributed by atoms with E-state index in [-0.39, 0.29) is 12.6 Å². The first kappa shape index (κ1) is 20.7. The van der Waals surface area contributed by atoms with Crippen LogP contribution in [0.1, 0.15) is 64.0 Å². The molecule has 1 heterocycles. The van der Waals surface area contributed by atoms with Gasteiger partial charge in [-0.3, -0.25) is 4.79 Å². The summed E-state index contributed by atoms with van der Waals surface area (Å²) in [5.74, 6) is -0.200. The minimum atomic E-state index is -0.200. The number of hydrogen-bond donors (Lipinski definition) is 0. The van der Waals surface area contributed by atoms with E-state index >= 15 is 0 Å². The molecule has 0 atom stereocenters. The fraction of sp³-hybridized carbons (Fsp3) is 0.526. The first-order valence-electron chi connectivity index (χ1n) is 9.12. The van der Waals surface area contributed by atoms with Crippen molar-refractivity contribution in [1.82, 2.24) is 15.0 Å². The summed E-state index contributed by atoms with van der Waals surface area (Å²) in [7, 11) is 0. The Morgan fingerprint density at radius 1 is 1.12 bits per heavy atom. The number of ether oxygens (including phenoxy) is 1. The Bertz CT molecular complexity index is 704. The molecule has 0 aliphatic carbocycles. The lowest BCUT2D eigenvalue weighted by atomic mass is 10.1. The van der Waals surface area contributed by atoms with Crippen molar-refractivity contribution in [3.8, 4) is 5.69 Å². The molecule has 2 rings (SSSR count). The number of aromatic nitrogens is 3. The normalized spacial score (nSPS) is 10.9. The Morgan fingerprint density at radius 3 is 2.62 bits per heavy atom. The Morgan fingerprint density at radius 2 is 1.85 bits per heavy atom. The van der Waals surface area contributed by atoms with E-state index < -0.39 is 0 Å². The smallest absolute Gasteiger partial charge is 0.306 e. The molecule has 0 unspecified atom stereocenters. The van der Waals surface area contributed by atoms with E-state index in [4.69, 9.17) is 27.9 Å². The van der Waals surface area contributed by atoms with Gasteiger partial charge in [-0.05, 0) is 24.6 Å². The van der Waals surface area contributed by atoms with Crippen LogP contribution in [0.5, 0.6) is 0 Å². The lowest BCUT2D eigenvalue weighted by molar-refractivity contribution is -0.145. The first-order valence-corrected chi connectivity index (χ1v) is 9.88. The monoisotopic (exact) mass is 397 g/mol. The van der Waals surface area contributed by atoms with E-state index in [9.17, 15) is 4.79 Å². The van der Waals surface area contributed by atoms with Crippen molar-refractivity contribution in [3.63, 3.8) is 0 Å². The molecule has 0 spiro atoms. The number of unbranched alkanes of at least 4 members (excludes halogenated alkanes) is 6. The fourth-order valence-corrected chi connectivity index (χ4v) is 2.97. The molecule has 0 radical (unpaired) electrons. The summed E-state index contributed by atoms with van der Waals surface area (Å²) >= 11 is 12.1. The number of rotatable bonds is 11. The minimum Gasteiger partial charge on any atom is -0.459 e. The van der Waals surface area contributed by atoms with Crippen LogP contribution in [0, 0.1) is 0 Å². The average Bonchev–Trinajstić information content (AvgIpc) is 3.10. The van der Waals surface area contributed by atoms with Gasteiger partial charge in [0.2, 0.25) is 0 Å². The van der Waals surface area contributed by atoms with Crippen LogP contribution in [0.3, 0.4) is 0 Å². The predicted octanol–water partition coefficient (Wildman–Crippen LogP) is 5.76. The van der Waals surface area contributed by atoms with E-state index in [0.29, 0.717) is 27.8 Å². The van der Waals surface area contributed by atoms with E-state index in [0.717, 1.165) is 12.8 Å². The van der Waals surface area contributed by atoms with E-state index in [2.05, 4.69) is 17.2 Å². The molecule has 0 saturated carbocycles. The van der Waals surface area contributed by atoms with Crippen LogP contribution in [0.2, 0.25) is 10.0 Å². The summed E-state index contributed by atoms with van der Waals surface area (Å²) in [5.41, 5.74) is 1.20. The lowest BCUT2D eigenvalue weighted by Gasteiger charge is -2.04. The molecule has 0 bridgehead atoms. The third kappa shape index (κ3) is 6.96. The zero-order valence-electron chi connectivity index (χ0n) is 15.1. The maximum absolute atomic E-state index is 11.8. The summed E-state index contributed by atoms with van der Waals surface area (Å²) in [6.45, 7) is 2.31. The summed E-state index contributed by atoms with van der Waals surface area (Å²) in [6, 6.07) is 5.11. The fourth-order valence-electron chi connectivity index (χ4n) is 2.60. The van der Waals surface area contributed by atoms with Crippen LogP contribution >= 0.6 is 23.2 Å². The van der Waals surface area contributed by atoms with Gasteiger partial charge in [-0.2, -0.15) is 0 Å². The summed E-state index contributed by atoms with van der Waals surface area (Å²) in [5, 5.41) is 9.09. The van der Waals surface area contributed by atoms with Crippen LogP contribution < -0.4 is 0 Å². The van der Waals surface area contributed by atoms with Gasteiger partial charge in [-0.1, -0.05) is 73.9 Å². The molecule has 7 heteroatoms. The number of hydrogen-bond acceptors (Lipinski definition) is 4. The van der Waals surface area contributed by atoms with Crippen molar-refractivity contribution in [2.75, 3.05) is 0 Å². The average molecular weight is 398 g/mol. The Hall–Kier alpha value is -1.59. The van der Waals surface area contributed by atoms with Gasteiger partial charge in [0.05, 0.1) is 16.9 Å². The third-order valence-electron chi connectivity index (χ3n) is 4.06. The molecule has 26 heavy (non-hydrogen) atoms. The van der Waals surface area contributed by atoms with Gasteiger partial charge in [-0.25, -0.2) is 4.68 Å². The molecule has 5 nitrogen and oxygen atoms in total. The van der Waals surface area contributed by atoms with Crippen molar-refractivity contribution in [3.05, 3.63) is 40.1 Å². The van der Waals surface area contributed by atoms with Gasteiger partial charge in [0.1, 0.15) is 12.3 Å². The quantitative estimate of drug-likeness (QED) is 0.357. The minimum absolute atomic E-state index is 0.105. The second-order valence-corrected chi connectivity index (χ2v) is 7.13. The van der Waals surface area contributed by atoms with Crippen LogP contribution in [-0.2, 0) is 16.1 Å². The van der Waals surface area contributed by atoms with Gasteiger partial charge < -0.3 is 4.74 Å². The molecule has 1 aromatic carbocycles. The SMILES string of the molecule is CCCCCCCCCC(=O)OCc1cn(-c2cc(Cl)ccc2Cl)nn1. The maximum atomic E-state index is 11.8. The van der Waals surface area contributed by atoms with Crippen molar-refractivity contribution in [1.29, 1.82) is 0 Å². The first-order chi connectivity index (χ1) is 12.6. The Kier molecular flexibility index (Phi) is 8.92. The highest BCUT2D eigenvalue weighted by Crippen LogP contribution is 2.23. The van der Waals surface area contributed by atoms with Crippen LogP contribution in [0.4, 0.5) is 0 Å². The summed E-state index contributed by atoms with van der Waals surface area (Å²) in [4.78, 5) is 11.8. The highest BCUT2D eigenvalue weighted by atomic mass is 35.5. The highest BCUT2D eigenvalue weighted by molar-refractivity contribution is 6.34. The zero-order valence-corrected chi connectivity index (χ0v) is 16.6. The van der Waals surface area contributed by atoms with Crippen LogP contribution in [0.25, 0.3) is 5.69 Å². The van der Waals surface area contributed by atoms with Crippen LogP contribution in [-0.4, -0.2) is 21.0 Å². The predicted molar refractivity (Wildman–Crippen MR) is 104 cm³/mol. The van der Waals surface area contributed by atoms with Gasteiger partial charge in [0.15, 0.2) is 0 Å². The van der Waals surface area contributed by atoms with Gasteiger partial charge in [0.25, 0.3) is 0 Å². The van der Waals surface area contributed by atoms with E-state index in [1.54, 1.807) is 24.4 Å². The topological polar surface area (TPSA) is 57.0 Å². The number of halogens is 2.